The Morgan fingerprint density at radius 2 is 2.50 bits per heavy atom. The average molecular weight is 224 g/mol. The maximum Gasteiger partial charge on any atom is 0.167 e. The monoisotopic (exact) mass is 224 g/mol. The van der Waals surface area contributed by atoms with Gasteiger partial charge in [-0.2, -0.15) is 0 Å². The van der Waals surface area contributed by atoms with Crippen molar-refractivity contribution in [1.82, 2.24) is 14.5 Å². The van der Waals surface area contributed by atoms with Crippen molar-refractivity contribution in [3.63, 3.8) is 0 Å². The van der Waals surface area contributed by atoms with Crippen LogP contribution in [0.5, 0.6) is 0 Å². The molecular weight excluding hydrogens is 216 g/mol. The molecule has 0 aliphatic heterocycles. The minimum atomic E-state index is 0.319. The van der Waals surface area contributed by atoms with E-state index in [0.717, 1.165) is 11.4 Å². The van der Waals surface area contributed by atoms with Gasteiger partial charge in [0.15, 0.2) is 5.82 Å². The number of imidazole rings is 1. The van der Waals surface area contributed by atoms with E-state index in [-0.39, 0.29) is 0 Å². The fraction of sp³-hybridized carbons (Fsp3) is 0.125. The third kappa shape index (κ3) is 1.80. The SMILES string of the molecule is NC(=S)c1nccn1Cc1cncs1. The zero-order valence-corrected chi connectivity index (χ0v) is 8.88. The van der Waals surface area contributed by atoms with Gasteiger partial charge in [0.2, 0.25) is 0 Å². The van der Waals surface area contributed by atoms with Crippen molar-refractivity contribution in [2.24, 2.45) is 5.73 Å². The largest absolute Gasteiger partial charge is 0.387 e. The van der Waals surface area contributed by atoms with Crippen molar-refractivity contribution < 1.29 is 0 Å². The molecule has 72 valence electrons. The molecular formula is C8H8N4S2. The maximum absolute atomic E-state index is 5.52. The summed E-state index contributed by atoms with van der Waals surface area (Å²) in [5.41, 5.74) is 7.32. The van der Waals surface area contributed by atoms with Crippen molar-refractivity contribution >= 4 is 28.5 Å². The highest BCUT2D eigenvalue weighted by Crippen LogP contribution is 2.09. The second-order valence-electron chi connectivity index (χ2n) is 2.71. The summed E-state index contributed by atoms with van der Waals surface area (Å²) in [7, 11) is 0. The lowest BCUT2D eigenvalue weighted by molar-refractivity contribution is 0.798. The lowest BCUT2D eigenvalue weighted by atomic mass is 10.5. The molecule has 2 aromatic heterocycles. The van der Waals surface area contributed by atoms with E-state index in [1.807, 2.05) is 17.0 Å². The van der Waals surface area contributed by atoms with E-state index in [2.05, 4.69) is 9.97 Å². The van der Waals surface area contributed by atoms with Gasteiger partial charge in [0, 0.05) is 23.5 Å². The van der Waals surface area contributed by atoms with Crippen LogP contribution in [-0.2, 0) is 6.54 Å². The topological polar surface area (TPSA) is 56.7 Å². The van der Waals surface area contributed by atoms with Gasteiger partial charge in [0.05, 0.1) is 12.1 Å². The predicted molar refractivity (Wildman–Crippen MR) is 59.3 cm³/mol. The Morgan fingerprint density at radius 1 is 1.64 bits per heavy atom. The van der Waals surface area contributed by atoms with Crippen LogP contribution in [0.15, 0.2) is 24.1 Å². The molecule has 14 heavy (non-hydrogen) atoms. The molecule has 2 rings (SSSR count). The third-order valence-corrected chi connectivity index (χ3v) is 2.69. The number of hydrogen-bond acceptors (Lipinski definition) is 4. The number of nitrogens with zero attached hydrogens (tertiary/aromatic N) is 3. The van der Waals surface area contributed by atoms with Crippen molar-refractivity contribution in [2.75, 3.05) is 0 Å². The number of thiazole rings is 1. The van der Waals surface area contributed by atoms with Gasteiger partial charge < -0.3 is 10.3 Å². The highest BCUT2D eigenvalue weighted by molar-refractivity contribution is 7.80. The summed E-state index contributed by atoms with van der Waals surface area (Å²) in [5.74, 6) is 0.647. The lowest BCUT2D eigenvalue weighted by Crippen LogP contribution is -2.16. The molecule has 0 aliphatic rings. The van der Waals surface area contributed by atoms with Gasteiger partial charge in [-0.05, 0) is 0 Å². The molecule has 0 atom stereocenters. The van der Waals surface area contributed by atoms with Gasteiger partial charge in [0.1, 0.15) is 4.99 Å². The van der Waals surface area contributed by atoms with E-state index in [1.165, 1.54) is 0 Å². The van der Waals surface area contributed by atoms with E-state index >= 15 is 0 Å². The highest BCUT2D eigenvalue weighted by atomic mass is 32.1. The molecule has 0 amide bonds. The van der Waals surface area contributed by atoms with Crippen LogP contribution in [0.2, 0.25) is 0 Å². The lowest BCUT2D eigenvalue weighted by Gasteiger charge is -2.03. The minimum Gasteiger partial charge on any atom is -0.387 e. The summed E-state index contributed by atoms with van der Waals surface area (Å²) in [5, 5.41) is 0. The van der Waals surface area contributed by atoms with Gasteiger partial charge >= 0.3 is 0 Å². The van der Waals surface area contributed by atoms with E-state index < -0.39 is 0 Å². The Hall–Kier alpha value is -1.27. The first-order chi connectivity index (χ1) is 6.77. The Kier molecular flexibility index (Phi) is 2.55. The highest BCUT2D eigenvalue weighted by Gasteiger charge is 2.06. The number of thiocarbonyl (C=S) groups is 1. The first-order valence-corrected chi connectivity index (χ1v) is 5.24. The molecule has 0 spiro atoms. The van der Waals surface area contributed by atoms with Gasteiger partial charge in [-0.3, -0.25) is 4.98 Å². The number of nitrogens with two attached hydrogens (primary N) is 1. The average Bonchev–Trinajstić information content (AvgIpc) is 2.75. The quantitative estimate of drug-likeness (QED) is 0.791. The first kappa shape index (κ1) is 9.29. The molecule has 2 heterocycles. The summed E-state index contributed by atoms with van der Waals surface area (Å²) < 4.78 is 1.91. The van der Waals surface area contributed by atoms with Crippen LogP contribution in [0, 0.1) is 0 Å². The van der Waals surface area contributed by atoms with E-state index in [0.29, 0.717) is 10.8 Å². The molecule has 0 unspecified atom stereocenters. The van der Waals surface area contributed by atoms with Crippen LogP contribution in [-0.4, -0.2) is 19.5 Å². The van der Waals surface area contributed by atoms with Crippen molar-refractivity contribution in [1.29, 1.82) is 0 Å². The Morgan fingerprint density at radius 3 is 3.14 bits per heavy atom. The molecule has 0 aromatic carbocycles. The van der Waals surface area contributed by atoms with Gasteiger partial charge in [0.25, 0.3) is 0 Å². The number of aromatic nitrogens is 3. The Balaban J connectivity index is 2.25. The van der Waals surface area contributed by atoms with E-state index in [9.17, 15) is 0 Å². The van der Waals surface area contributed by atoms with Gasteiger partial charge in [-0.15, -0.1) is 11.3 Å². The summed E-state index contributed by atoms with van der Waals surface area (Å²) >= 11 is 6.48. The molecule has 6 heteroatoms. The third-order valence-electron chi connectivity index (χ3n) is 1.75. The van der Waals surface area contributed by atoms with Crippen LogP contribution >= 0.6 is 23.6 Å². The normalized spacial score (nSPS) is 10.3. The molecule has 4 nitrogen and oxygen atoms in total. The van der Waals surface area contributed by atoms with E-state index in [1.54, 1.807) is 23.0 Å². The Labute approximate surface area is 90.4 Å². The number of hydrogen-bond donors (Lipinski definition) is 1. The maximum atomic E-state index is 5.52. The second kappa shape index (κ2) is 3.85. The van der Waals surface area contributed by atoms with Crippen molar-refractivity contribution in [2.45, 2.75) is 6.54 Å². The summed E-state index contributed by atoms with van der Waals surface area (Å²) in [6.07, 6.45) is 5.37. The van der Waals surface area contributed by atoms with Crippen molar-refractivity contribution in [3.8, 4) is 0 Å². The zero-order valence-electron chi connectivity index (χ0n) is 7.25. The minimum absolute atomic E-state index is 0.319. The molecule has 0 bridgehead atoms. The fourth-order valence-electron chi connectivity index (χ4n) is 1.15. The van der Waals surface area contributed by atoms with Gasteiger partial charge in [-0.1, -0.05) is 12.2 Å². The molecule has 0 aliphatic carbocycles. The van der Waals surface area contributed by atoms with Crippen molar-refractivity contribution in [3.05, 3.63) is 34.8 Å². The number of rotatable bonds is 3. The van der Waals surface area contributed by atoms with Crippen LogP contribution in [0.4, 0.5) is 0 Å². The smallest absolute Gasteiger partial charge is 0.167 e. The molecule has 0 saturated heterocycles. The summed E-state index contributed by atoms with van der Waals surface area (Å²) in [6, 6.07) is 0. The molecule has 0 radical (unpaired) electrons. The molecule has 0 saturated carbocycles. The summed E-state index contributed by atoms with van der Waals surface area (Å²) in [4.78, 5) is 9.55. The van der Waals surface area contributed by atoms with Gasteiger partial charge in [-0.25, -0.2) is 4.98 Å². The molecule has 2 N–H and O–H groups in total. The van der Waals surface area contributed by atoms with Crippen LogP contribution in [0.25, 0.3) is 0 Å². The van der Waals surface area contributed by atoms with Crippen LogP contribution in [0.1, 0.15) is 10.7 Å². The predicted octanol–water partition coefficient (Wildman–Crippen LogP) is 1.02. The molecule has 2 aromatic rings. The zero-order chi connectivity index (χ0) is 9.97. The second-order valence-corrected chi connectivity index (χ2v) is 4.12. The van der Waals surface area contributed by atoms with Crippen LogP contribution in [0.3, 0.4) is 0 Å². The summed E-state index contributed by atoms with van der Waals surface area (Å²) in [6.45, 7) is 0.720. The van der Waals surface area contributed by atoms with E-state index in [4.69, 9.17) is 18.0 Å². The standard InChI is InChI=1S/C8H8N4S2/c9-7(13)8-11-1-2-12(8)4-6-3-10-5-14-6/h1-3,5H,4H2,(H2,9,13). The molecule has 0 fully saturated rings. The Bertz CT molecular complexity index is 432. The van der Waals surface area contributed by atoms with Crippen LogP contribution < -0.4 is 5.73 Å². The fourth-order valence-corrected chi connectivity index (χ4v) is 1.91. The first-order valence-electron chi connectivity index (χ1n) is 3.95.